The number of anilines is 2. The minimum atomic E-state index is -0.173. The van der Waals surface area contributed by atoms with Gasteiger partial charge in [-0.15, -0.1) is 0 Å². The first-order valence-electron chi connectivity index (χ1n) is 7.63. The Morgan fingerprint density at radius 1 is 1.17 bits per heavy atom. The molecule has 0 spiro atoms. The van der Waals surface area contributed by atoms with Gasteiger partial charge < -0.3 is 10.2 Å². The van der Waals surface area contributed by atoms with Gasteiger partial charge in [-0.1, -0.05) is 12.1 Å². The highest BCUT2D eigenvalue weighted by atomic mass is 16.1. The standard InChI is InChI=1S/C18H19N5O/c1-22(2)17-9-6-15(12-19-17)18(24)21-16-7-4-14(5-8-16)13-23-11-3-10-20-23/h3-12H,13H2,1-2H3,(H,21,24). The largest absolute Gasteiger partial charge is 0.363 e. The number of carbonyl (C=O) groups excluding carboxylic acids is 1. The van der Waals surface area contributed by atoms with Crippen LogP contribution in [-0.2, 0) is 6.54 Å². The molecule has 1 amide bonds. The van der Waals surface area contributed by atoms with E-state index >= 15 is 0 Å². The van der Waals surface area contributed by atoms with Crippen LogP contribution in [0.3, 0.4) is 0 Å². The van der Waals surface area contributed by atoms with Crippen molar-refractivity contribution in [3.63, 3.8) is 0 Å². The molecule has 6 heteroatoms. The van der Waals surface area contributed by atoms with Gasteiger partial charge >= 0.3 is 0 Å². The summed E-state index contributed by atoms with van der Waals surface area (Å²) in [5, 5.41) is 7.06. The van der Waals surface area contributed by atoms with Gasteiger partial charge in [-0.05, 0) is 35.9 Å². The molecule has 2 heterocycles. The zero-order valence-corrected chi connectivity index (χ0v) is 13.7. The second-order valence-corrected chi connectivity index (χ2v) is 5.65. The second-order valence-electron chi connectivity index (χ2n) is 5.65. The van der Waals surface area contributed by atoms with Crippen LogP contribution in [0.1, 0.15) is 15.9 Å². The van der Waals surface area contributed by atoms with E-state index < -0.39 is 0 Å². The molecule has 0 aliphatic carbocycles. The number of nitrogens with zero attached hydrogens (tertiary/aromatic N) is 4. The van der Waals surface area contributed by atoms with E-state index in [1.165, 1.54) is 0 Å². The molecule has 0 aliphatic rings. The van der Waals surface area contributed by atoms with Gasteiger partial charge in [0.05, 0.1) is 12.1 Å². The number of benzene rings is 1. The van der Waals surface area contributed by atoms with Crippen LogP contribution in [0.5, 0.6) is 0 Å². The number of rotatable bonds is 5. The van der Waals surface area contributed by atoms with Gasteiger partial charge in [-0.25, -0.2) is 4.98 Å². The fraction of sp³-hybridized carbons (Fsp3) is 0.167. The second kappa shape index (κ2) is 6.95. The predicted octanol–water partition coefficient (Wildman–Crippen LogP) is 2.64. The van der Waals surface area contributed by atoms with E-state index in [-0.39, 0.29) is 5.91 Å². The van der Waals surface area contributed by atoms with Gasteiger partial charge in [0.25, 0.3) is 5.91 Å². The minimum Gasteiger partial charge on any atom is -0.363 e. The highest BCUT2D eigenvalue weighted by Crippen LogP contribution is 2.13. The number of nitrogens with one attached hydrogen (secondary N) is 1. The first kappa shape index (κ1) is 15.7. The molecule has 0 saturated heterocycles. The summed E-state index contributed by atoms with van der Waals surface area (Å²) in [5.74, 6) is 0.641. The highest BCUT2D eigenvalue weighted by Gasteiger charge is 2.07. The van der Waals surface area contributed by atoms with Crippen molar-refractivity contribution in [2.24, 2.45) is 0 Å². The molecule has 3 rings (SSSR count). The molecule has 0 radical (unpaired) electrons. The van der Waals surface area contributed by atoms with Crippen LogP contribution in [-0.4, -0.2) is 34.8 Å². The summed E-state index contributed by atoms with van der Waals surface area (Å²) in [7, 11) is 3.82. The Bertz CT molecular complexity index is 792. The van der Waals surface area contributed by atoms with Gasteiger partial charge in [-0.3, -0.25) is 9.48 Å². The minimum absolute atomic E-state index is 0.173. The fourth-order valence-electron chi connectivity index (χ4n) is 2.26. The lowest BCUT2D eigenvalue weighted by molar-refractivity contribution is 0.102. The molecule has 1 N–H and O–H groups in total. The van der Waals surface area contributed by atoms with E-state index in [9.17, 15) is 4.79 Å². The zero-order chi connectivity index (χ0) is 16.9. The van der Waals surface area contributed by atoms with Crippen molar-refractivity contribution in [1.82, 2.24) is 14.8 Å². The van der Waals surface area contributed by atoms with Crippen molar-refractivity contribution >= 4 is 17.4 Å². The predicted molar refractivity (Wildman–Crippen MR) is 94.3 cm³/mol. The van der Waals surface area contributed by atoms with Crippen LogP contribution in [0, 0.1) is 0 Å². The Morgan fingerprint density at radius 2 is 1.96 bits per heavy atom. The number of hydrogen-bond donors (Lipinski definition) is 1. The van der Waals surface area contributed by atoms with E-state index in [0.717, 1.165) is 17.1 Å². The smallest absolute Gasteiger partial charge is 0.257 e. The fourth-order valence-corrected chi connectivity index (χ4v) is 2.26. The van der Waals surface area contributed by atoms with Crippen LogP contribution in [0.15, 0.2) is 61.1 Å². The first-order valence-corrected chi connectivity index (χ1v) is 7.63. The lowest BCUT2D eigenvalue weighted by atomic mass is 10.2. The normalized spacial score (nSPS) is 10.4. The molecule has 0 aliphatic heterocycles. The summed E-state index contributed by atoms with van der Waals surface area (Å²) in [6.45, 7) is 0.706. The molecule has 24 heavy (non-hydrogen) atoms. The van der Waals surface area contributed by atoms with Gasteiger partial charge in [0.2, 0.25) is 0 Å². The Morgan fingerprint density at radius 3 is 2.54 bits per heavy atom. The Kier molecular flexibility index (Phi) is 4.56. The van der Waals surface area contributed by atoms with Gasteiger partial charge in [0.15, 0.2) is 0 Å². The molecule has 2 aromatic heterocycles. The van der Waals surface area contributed by atoms with Crippen LogP contribution >= 0.6 is 0 Å². The van der Waals surface area contributed by atoms with Crippen LogP contribution in [0.2, 0.25) is 0 Å². The third-order valence-electron chi connectivity index (χ3n) is 3.58. The molecule has 0 unspecified atom stereocenters. The van der Waals surface area contributed by atoms with Crippen LogP contribution in [0.4, 0.5) is 11.5 Å². The average molecular weight is 321 g/mol. The topological polar surface area (TPSA) is 63.1 Å². The van der Waals surface area contributed by atoms with Gasteiger partial charge in [-0.2, -0.15) is 5.10 Å². The molecule has 0 bridgehead atoms. The van der Waals surface area contributed by atoms with E-state index in [1.807, 2.05) is 66.3 Å². The molecule has 0 saturated carbocycles. The van der Waals surface area contributed by atoms with Crippen molar-refractivity contribution < 1.29 is 4.79 Å². The highest BCUT2D eigenvalue weighted by molar-refractivity contribution is 6.04. The number of carbonyl (C=O) groups is 1. The molecule has 0 atom stereocenters. The Labute approximate surface area is 140 Å². The number of pyridine rings is 1. The SMILES string of the molecule is CN(C)c1ccc(C(=O)Nc2ccc(Cn3cccn3)cc2)cn1. The summed E-state index contributed by atoms with van der Waals surface area (Å²) >= 11 is 0. The van der Waals surface area contributed by atoms with Crippen molar-refractivity contribution in [3.05, 3.63) is 72.2 Å². The van der Waals surface area contributed by atoms with E-state index in [2.05, 4.69) is 15.4 Å². The maximum Gasteiger partial charge on any atom is 0.257 e. The molecule has 3 aromatic rings. The molecule has 122 valence electrons. The lowest BCUT2D eigenvalue weighted by Gasteiger charge is -2.11. The lowest BCUT2D eigenvalue weighted by Crippen LogP contribution is -2.14. The van der Waals surface area contributed by atoms with Crippen molar-refractivity contribution in [1.29, 1.82) is 0 Å². The van der Waals surface area contributed by atoms with Gasteiger partial charge in [0, 0.05) is 38.4 Å². The van der Waals surface area contributed by atoms with Crippen molar-refractivity contribution in [2.75, 3.05) is 24.3 Å². The molecule has 0 fully saturated rings. The average Bonchev–Trinajstić information content (AvgIpc) is 3.09. The van der Waals surface area contributed by atoms with Gasteiger partial charge in [0.1, 0.15) is 5.82 Å². The number of amides is 1. The maximum atomic E-state index is 12.3. The van der Waals surface area contributed by atoms with Crippen LogP contribution in [0.25, 0.3) is 0 Å². The summed E-state index contributed by atoms with van der Waals surface area (Å²) in [5.41, 5.74) is 2.40. The van der Waals surface area contributed by atoms with E-state index in [4.69, 9.17) is 0 Å². The maximum absolute atomic E-state index is 12.3. The first-order chi connectivity index (χ1) is 11.6. The summed E-state index contributed by atoms with van der Waals surface area (Å²) in [6.07, 6.45) is 5.25. The van der Waals surface area contributed by atoms with Crippen molar-refractivity contribution in [3.8, 4) is 0 Å². The van der Waals surface area contributed by atoms with E-state index in [0.29, 0.717) is 12.1 Å². The molecular formula is C18H19N5O. The third kappa shape index (κ3) is 3.78. The summed E-state index contributed by atoms with van der Waals surface area (Å²) in [4.78, 5) is 18.4. The molecular weight excluding hydrogens is 302 g/mol. The zero-order valence-electron chi connectivity index (χ0n) is 13.7. The number of aromatic nitrogens is 3. The molecule has 6 nitrogen and oxygen atoms in total. The van der Waals surface area contributed by atoms with E-state index in [1.54, 1.807) is 18.5 Å². The third-order valence-corrected chi connectivity index (χ3v) is 3.58. The summed E-state index contributed by atoms with van der Waals surface area (Å²) in [6, 6.07) is 13.2. The molecule has 1 aromatic carbocycles. The summed E-state index contributed by atoms with van der Waals surface area (Å²) < 4.78 is 1.85. The van der Waals surface area contributed by atoms with Crippen molar-refractivity contribution in [2.45, 2.75) is 6.54 Å². The number of hydrogen-bond acceptors (Lipinski definition) is 4. The Hall–Kier alpha value is -3.15. The quantitative estimate of drug-likeness (QED) is 0.785. The monoisotopic (exact) mass is 321 g/mol. The van der Waals surface area contributed by atoms with Crippen LogP contribution < -0.4 is 10.2 Å². The Balaban J connectivity index is 1.63.